The summed E-state index contributed by atoms with van der Waals surface area (Å²) in [6, 6.07) is 15.5. The third-order valence-corrected chi connectivity index (χ3v) is 8.30. The molecule has 0 amide bonds. The first-order chi connectivity index (χ1) is 14.3. The molecule has 148 valence electrons. The molecule has 6 rings (SSSR count). The van der Waals surface area contributed by atoms with Crippen LogP contribution in [0.1, 0.15) is 72.6 Å². The highest BCUT2D eigenvalue weighted by Gasteiger charge is 2.34. The van der Waals surface area contributed by atoms with E-state index in [0.29, 0.717) is 17.8 Å². The highest BCUT2D eigenvalue weighted by Crippen LogP contribution is 2.47. The lowest BCUT2D eigenvalue weighted by Crippen LogP contribution is -2.22. The molecule has 2 saturated carbocycles. The van der Waals surface area contributed by atoms with E-state index in [9.17, 15) is 5.11 Å². The van der Waals surface area contributed by atoms with Crippen LogP contribution in [0.25, 0.3) is 15.6 Å². The van der Waals surface area contributed by atoms with Gasteiger partial charge in [-0.3, -0.25) is 0 Å². The number of pyridine rings is 1. The molecule has 4 heteroatoms. The number of rotatable bonds is 4. The first-order valence-electron chi connectivity index (χ1n) is 10.9. The van der Waals surface area contributed by atoms with Crippen molar-refractivity contribution in [2.45, 2.75) is 56.5 Å². The molecule has 2 aliphatic carbocycles. The molecule has 1 unspecified atom stereocenters. The first-order valence-corrected chi connectivity index (χ1v) is 11.7. The van der Waals surface area contributed by atoms with E-state index in [0.717, 1.165) is 24.1 Å². The van der Waals surface area contributed by atoms with Gasteiger partial charge in [-0.2, -0.15) is 0 Å². The van der Waals surface area contributed by atoms with E-state index in [1.807, 2.05) is 23.9 Å². The van der Waals surface area contributed by atoms with Crippen molar-refractivity contribution >= 4 is 26.9 Å². The van der Waals surface area contributed by atoms with E-state index in [1.165, 1.54) is 46.2 Å². The summed E-state index contributed by atoms with van der Waals surface area (Å²) < 4.78 is 3.53. The number of hydrogen-bond donors (Lipinski definition) is 1. The van der Waals surface area contributed by atoms with Gasteiger partial charge in [0.1, 0.15) is 0 Å². The number of imidazole rings is 1. The highest BCUT2D eigenvalue weighted by atomic mass is 32.1. The molecule has 0 spiro atoms. The van der Waals surface area contributed by atoms with E-state index < -0.39 is 6.10 Å². The molecule has 0 radical (unpaired) electrons. The lowest BCUT2D eigenvalue weighted by molar-refractivity contribution is 0.0757. The van der Waals surface area contributed by atoms with E-state index in [1.54, 1.807) is 0 Å². The minimum Gasteiger partial charge on any atom is -0.387 e. The monoisotopic (exact) mass is 402 g/mol. The van der Waals surface area contributed by atoms with Crippen LogP contribution in [0.3, 0.4) is 0 Å². The summed E-state index contributed by atoms with van der Waals surface area (Å²) in [5.74, 6) is 1.61. The maximum Gasteiger partial charge on any atom is 0.0995 e. The van der Waals surface area contributed by atoms with E-state index in [2.05, 4.69) is 51.8 Å². The molecule has 0 bridgehead atoms. The van der Waals surface area contributed by atoms with Gasteiger partial charge in [0.05, 0.1) is 29.8 Å². The average Bonchev–Trinajstić information content (AvgIpc) is 3.33. The van der Waals surface area contributed by atoms with Gasteiger partial charge in [-0.05, 0) is 85.4 Å². The predicted octanol–water partition coefficient (Wildman–Crippen LogP) is 6.43. The molecular formula is C25H26N2OS. The molecule has 1 N–H and O–H groups in total. The molecule has 2 fully saturated rings. The summed E-state index contributed by atoms with van der Waals surface area (Å²) in [5.41, 5.74) is 3.53. The Morgan fingerprint density at radius 3 is 2.55 bits per heavy atom. The minimum absolute atomic E-state index is 0.339. The first kappa shape index (κ1) is 17.7. The van der Waals surface area contributed by atoms with Crippen molar-refractivity contribution < 1.29 is 5.11 Å². The smallest absolute Gasteiger partial charge is 0.0995 e. The van der Waals surface area contributed by atoms with Gasteiger partial charge in [-0.25, -0.2) is 4.98 Å². The fourth-order valence-corrected chi connectivity index (χ4v) is 6.46. The number of hydrogen-bond acceptors (Lipinski definition) is 3. The van der Waals surface area contributed by atoms with Crippen LogP contribution in [-0.4, -0.2) is 14.5 Å². The Kier molecular flexibility index (Phi) is 4.24. The second kappa shape index (κ2) is 6.96. The number of nitrogens with zero attached hydrogens (tertiary/aromatic N) is 2. The molecule has 1 atom stereocenters. The maximum absolute atomic E-state index is 11.4. The quantitative estimate of drug-likeness (QED) is 0.427. The van der Waals surface area contributed by atoms with Crippen molar-refractivity contribution in [3.8, 4) is 0 Å². The fraction of sp³-hybridized carbons (Fsp3) is 0.400. The fourth-order valence-electron chi connectivity index (χ4n) is 5.23. The Morgan fingerprint density at radius 1 is 0.966 bits per heavy atom. The zero-order valence-corrected chi connectivity index (χ0v) is 17.3. The van der Waals surface area contributed by atoms with Crippen LogP contribution < -0.4 is 0 Å². The molecule has 3 heterocycles. The largest absolute Gasteiger partial charge is 0.387 e. The van der Waals surface area contributed by atoms with Crippen molar-refractivity contribution in [1.82, 2.24) is 9.38 Å². The van der Waals surface area contributed by atoms with Crippen molar-refractivity contribution in [3.63, 3.8) is 0 Å². The maximum atomic E-state index is 11.4. The minimum atomic E-state index is -0.396. The average molecular weight is 403 g/mol. The number of thiophene rings is 1. The molecule has 0 saturated heterocycles. The third kappa shape index (κ3) is 3.10. The molecule has 3 nitrogen and oxygen atoms in total. The number of fused-ring (bicyclic) bond motifs is 2. The molecule has 29 heavy (non-hydrogen) atoms. The van der Waals surface area contributed by atoms with Crippen LogP contribution in [0, 0.1) is 5.92 Å². The Bertz CT molecular complexity index is 1130. The lowest BCUT2D eigenvalue weighted by atomic mass is 9.77. The number of aliphatic hydroxyl groups is 1. The van der Waals surface area contributed by atoms with Crippen molar-refractivity contribution in [3.05, 3.63) is 71.1 Å². The Labute approximate surface area is 175 Å². The Hall–Kier alpha value is -2.17. The highest BCUT2D eigenvalue weighted by molar-refractivity contribution is 7.19. The molecule has 4 aromatic rings. The number of aromatic nitrogens is 2. The van der Waals surface area contributed by atoms with Gasteiger partial charge in [-0.1, -0.05) is 24.3 Å². The normalized spacial score (nSPS) is 23.6. The topological polar surface area (TPSA) is 37.5 Å². The van der Waals surface area contributed by atoms with Gasteiger partial charge in [0.2, 0.25) is 0 Å². The van der Waals surface area contributed by atoms with Crippen LogP contribution in [-0.2, 0) is 0 Å². The van der Waals surface area contributed by atoms with Crippen LogP contribution >= 0.6 is 11.3 Å². The summed E-state index contributed by atoms with van der Waals surface area (Å²) in [7, 11) is 0. The van der Waals surface area contributed by atoms with Crippen LogP contribution in [0.5, 0.6) is 0 Å². The second-order valence-electron chi connectivity index (χ2n) is 8.88. The summed E-state index contributed by atoms with van der Waals surface area (Å²) in [6.45, 7) is 0. The zero-order chi connectivity index (χ0) is 19.4. The summed E-state index contributed by atoms with van der Waals surface area (Å²) in [4.78, 5) is 5.86. The second-order valence-corrected chi connectivity index (χ2v) is 10.00. The number of benzene rings is 1. The van der Waals surface area contributed by atoms with Crippen LogP contribution in [0.4, 0.5) is 0 Å². The van der Waals surface area contributed by atoms with E-state index >= 15 is 0 Å². The standard InChI is InChI=1S/C25H26N2OS/c28-25(24-21(16-5-6-16)12-11-20-14-26-15-27(20)24)18-9-7-17(8-10-18)23-13-19-3-1-2-4-22(19)29-23/h1-4,11-18,25,28H,5-10H2. The van der Waals surface area contributed by atoms with Gasteiger partial charge in [-0.15, -0.1) is 11.3 Å². The van der Waals surface area contributed by atoms with Crippen molar-refractivity contribution in [2.75, 3.05) is 0 Å². The van der Waals surface area contributed by atoms with Gasteiger partial charge < -0.3 is 9.51 Å². The van der Waals surface area contributed by atoms with Gasteiger partial charge in [0.25, 0.3) is 0 Å². The van der Waals surface area contributed by atoms with E-state index in [4.69, 9.17) is 0 Å². The zero-order valence-electron chi connectivity index (χ0n) is 16.5. The van der Waals surface area contributed by atoms with Gasteiger partial charge in [0, 0.05) is 9.58 Å². The Morgan fingerprint density at radius 2 is 1.76 bits per heavy atom. The SMILES string of the molecule is OC(c1c(C2CC2)ccc2cncn12)C1CCC(c2cc3ccccc3s2)CC1. The summed E-state index contributed by atoms with van der Waals surface area (Å²) in [5, 5.41) is 12.8. The Balaban J connectivity index is 1.24. The molecule has 3 aromatic heterocycles. The molecule has 1 aromatic carbocycles. The van der Waals surface area contributed by atoms with Crippen molar-refractivity contribution in [2.24, 2.45) is 5.92 Å². The predicted molar refractivity (Wildman–Crippen MR) is 119 cm³/mol. The molecular weight excluding hydrogens is 376 g/mol. The summed E-state index contributed by atoms with van der Waals surface area (Å²) >= 11 is 1.95. The van der Waals surface area contributed by atoms with Crippen molar-refractivity contribution in [1.29, 1.82) is 0 Å². The van der Waals surface area contributed by atoms with E-state index in [-0.39, 0.29) is 0 Å². The third-order valence-electron chi connectivity index (χ3n) is 7.02. The van der Waals surface area contributed by atoms with Gasteiger partial charge in [0.15, 0.2) is 0 Å². The summed E-state index contributed by atoms with van der Waals surface area (Å²) in [6.07, 6.45) is 10.4. The van der Waals surface area contributed by atoms with Gasteiger partial charge >= 0.3 is 0 Å². The van der Waals surface area contributed by atoms with Crippen LogP contribution in [0.15, 0.2) is 55.0 Å². The number of aliphatic hydroxyl groups excluding tert-OH is 1. The molecule has 0 aliphatic heterocycles. The lowest BCUT2D eigenvalue weighted by Gasteiger charge is -2.32. The molecule has 2 aliphatic rings. The van der Waals surface area contributed by atoms with Crippen LogP contribution in [0.2, 0.25) is 0 Å².